The number of halogens is 1. The third kappa shape index (κ3) is 4.59. The van der Waals surface area contributed by atoms with Crippen LogP contribution in [-0.4, -0.2) is 47.2 Å². The molecule has 0 aliphatic rings. The molecule has 130 valence electrons. The Kier molecular flexibility index (Phi) is 7.50. The molecule has 0 saturated carbocycles. The number of carbonyl (C=O) groups excluding carboxylic acids is 1. The summed E-state index contributed by atoms with van der Waals surface area (Å²) in [6.45, 7) is 4.00. The van der Waals surface area contributed by atoms with Crippen molar-refractivity contribution in [3.05, 3.63) is 41.9 Å². The molecule has 0 aromatic carbocycles. The number of ketones is 1. The van der Waals surface area contributed by atoms with Crippen molar-refractivity contribution in [1.82, 2.24) is 20.2 Å². The fraction of sp³-hybridized carbons (Fsp3) is 0.333. The van der Waals surface area contributed by atoms with Crippen LogP contribution in [0.2, 0.25) is 0 Å². The monoisotopic (exact) mass is 338 g/mol. The van der Waals surface area contributed by atoms with Crippen LogP contribution in [0.3, 0.4) is 0 Å². The highest BCUT2D eigenvalue weighted by Crippen LogP contribution is 2.19. The third-order valence-corrected chi connectivity index (χ3v) is 2.71. The smallest absolute Gasteiger partial charge is 0.253 e. The van der Waals surface area contributed by atoms with Crippen molar-refractivity contribution in [2.75, 3.05) is 21.3 Å². The Morgan fingerprint density at radius 1 is 1.38 bits per heavy atom. The normalized spacial score (nSPS) is 10.7. The molecule has 0 radical (unpaired) electrons. The quantitative estimate of drug-likeness (QED) is 0.450. The third-order valence-electron chi connectivity index (χ3n) is 2.71. The Bertz CT molecular complexity index is 689. The molecule has 0 N–H and O–H groups in total. The number of aromatic nitrogens is 3. The van der Waals surface area contributed by atoms with Crippen LogP contribution in [0.25, 0.3) is 5.70 Å². The van der Waals surface area contributed by atoms with E-state index in [9.17, 15) is 9.18 Å². The molecule has 0 aliphatic heterocycles. The van der Waals surface area contributed by atoms with Gasteiger partial charge in [0.15, 0.2) is 11.5 Å². The summed E-state index contributed by atoms with van der Waals surface area (Å²) in [5.74, 6) is -1.35. The Morgan fingerprint density at radius 3 is 2.62 bits per heavy atom. The lowest BCUT2D eigenvalue weighted by atomic mass is 10.2. The Labute approximate surface area is 138 Å². The molecule has 2 rings (SSSR count). The minimum Gasteiger partial charge on any atom is -0.479 e. The van der Waals surface area contributed by atoms with Gasteiger partial charge in [-0.2, -0.15) is 9.37 Å². The summed E-state index contributed by atoms with van der Waals surface area (Å²) in [4.78, 5) is 24.9. The lowest BCUT2D eigenvalue weighted by molar-refractivity contribution is -0.0533. The van der Waals surface area contributed by atoms with E-state index in [0.29, 0.717) is 0 Å². The molecule has 9 heteroatoms. The van der Waals surface area contributed by atoms with Crippen LogP contribution in [0.5, 0.6) is 5.88 Å². The topological polar surface area (TPSA) is 90.6 Å². The first-order chi connectivity index (χ1) is 11.6. The van der Waals surface area contributed by atoms with E-state index in [2.05, 4.69) is 19.6 Å². The van der Waals surface area contributed by atoms with E-state index in [0.717, 1.165) is 6.20 Å². The first-order valence-electron chi connectivity index (χ1n) is 7.08. The zero-order valence-electron chi connectivity index (χ0n) is 14.1. The van der Waals surface area contributed by atoms with E-state index >= 15 is 0 Å². The molecular weight excluding hydrogens is 319 g/mol. The zero-order valence-corrected chi connectivity index (χ0v) is 14.1. The van der Waals surface area contributed by atoms with E-state index in [1.807, 2.05) is 13.8 Å². The summed E-state index contributed by atoms with van der Waals surface area (Å²) in [5, 5.41) is 4.80. The molecule has 0 atom stereocenters. The molecule has 0 unspecified atom stereocenters. The maximum Gasteiger partial charge on any atom is 0.253 e. The minimum absolute atomic E-state index is 0.0550. The number of methoxy groups -OCH3 is 1. The van der Waals surface area contributed by atoms with E-state index in [1.54, 1.807) is 7.05 Å². The van der Waals surface area contributed by atoms with E-state index in [-0.39, 0.29) is 23.1 Å². The summed E-state index contributed by atoms with van der Waals surface area (Å²) < 4.78 is 22.8. The number of hydrogen-bond acceptors (Lipinski definition) is 8. The molecule has 0 spiro atoms. The van der Waals surface area contributed by atoms with Crippen molar-refractivity contribution >= 4 is 11.5 Å². The van der Waals surface area contributed by atoms with Gasteiger partial charge in [-0.05, 0) is 0 Å². The van der Waals surface area contributed by atoms with Crippen LogP contribution in [0.1, 0.15) is 30.2 Å². The average molecular weight is 338 g/mol. The number of ether oxygens (including phenoxy) is 1. The molecule has 2 aromatic heterocycles. The standard InChI is InChI=1S/C13H13FN4O4.C2H6/c1-18(21-3)10(6-11(19)9-4-5-22-17-9)12-15-7-8(14)13(16-12)20-2;1-2/h4-7H,1-3H3;1-2H3/b10-6+;. The second kappa shape index (κ2) is 9.36. The number of nitrogens with zero attached hydrogens (tertiary/aromatic N) is 4. The second-order valence-electron chi connectivity index (χ2n) is 4.01. The van der Waals surface area contributed by atoms with Crippen LogP contribution < -0.4 is 4.74 Å². The van der Waals surface area contributed by atoms with Crippen molar-refractivity contribution in [1.29, 1.82) is 0 Å². The summed E-state index contributed by atoms with van der Waals surface area (Å²) >= 11 is 0. The van der Waals surface area contributed by atoms with Gasteiger partial charge in [-0.1, -0.05) is 19.0 Å². The molecule has 0 amide bonds. The maximum absolute atomic E-state index is 13.4. The molecule has 0 fully saturated rings. The lowest BCUT2D eigenvalue weighted by Gasteiger charge is -2.18. The largest absolute Gasteiger partial charge is 0.479 e. The molecule has 2 heterocycles. The number of hydrogen-bond donors (Lipinski definition) is 0. The van der Waals surface area contributed by atoms with E-state index < -0.39 is 11.6 Å². The highest BCUT2D eigenvalue weighted by Gasteiger charge is 2.17. The van der Waals surface area contributed by atoms with Crippen LogP contribution in [0, 0.1) is 5.82 Å². The van der Waals surface area contributed by atoms with Gasteiger partial charge in [0.05, 0.1) is 20.4 Å². The van der Waals surface area contributed by atoms with Crippen molar-refractivity contribution < 1.29 is 23.3 Å². The van der Waals surface area contributed by atoms with Gasteiger partial charge in [0, 0.05) is 19.2 Å². The summed E-state index contributed by atoms with van der Waals surface area (Å²) in [5.41, 5.74) is 0.310. The fourth-order valence-corrected chi connectivity index (χ4v) is 1.55. The van der Waals surface area contributed by atoms with Crippen molar-refractivity contribution in [2.24, 2.45) is 0 Å². The van der Waals surface area contributed by atoms with Crippen molar-refractivity contribution in [3.8, 4) is 5.88 Å². The molecule has 8 nitrogen and oxygen atoms in total. The molecule has 24 heavy (non-hydrogen) atoms. The fourth-order valence-electron chi connectivity index (χ4n) is 1.55. The maximum atomic E-state index is 13.4. The van der Waals surface area contributed by atoms with Crippen LogP contribution in [-0.2, 0) is 4.84 Å². The summed E-state index contributed by atoms with van der Waals surface area (Å²) in [6.07, 6.45) is 3.42. The SMILES string of the molecule is CC.COc1nc(/C(=C\C(=O)c2ccon2)N(C)OC)ncc1F. The number of rotatable bonds is 6. The van der Waals surface area contributed by atoms with Gasteiger partial charge in [0.25, 0.3) is 5.88 Å². The predicted octanol–water partition coefficient (Wildman–Crippen LogP) is 2.36. The zero-order chi connectivity index (χ0) is 18.1. The second-order valence-corrected chi connectivity index (χ2v) is 4.01. The van der Waals surface area contributed by atoms with Gasteiger partial charge in [-0.3, -0.25) is 14.7 Å². The Morgan fingerprint density at radius 2 is 2.08 bits per heavy atom. The van der Waals surface area contributed by atoms with Crippen LogP contribution in [0.15, 0.2) is 29.1 Å². The number of hydroxylamine groups is 2. The highest BCUT2D eigenvalue weighted by molar-refractivity contribution is 6.06. The molecule has 2 aromatic rings. The Balaban J connectivity index is 0.00000139. The highest BCUT2D eigenvalue weighted by atomic mass is 19.1. The molecule has 0 saturated heterocycles. The van der Waals surface area contributed by atoms with Gasteiger partial charge in [-0.15, -0.1) is 0 Å². The van der Waals surface area contributed by atoms with Crippen molar-refractivity contribution in [2.45, 2.75) is 13.8 Å². The predicted molar refractivity (Wildman–Crippen MR) is 83.5 cm³/mol. The molecule has 0 aliphatic carbocycles. The van der Waals surface area contributed by atoms with Crippen molar-refractivity contribution in [3.63, 3.8) is 0 Å². The van der Waals surface area contributed by atoms with Gasteiger partial charge < -0.3 is 9.26 Å². The van der Waals surface area contributed by atoms with Gasteiger partial charge >= 0.3 is 0 Å². The Hall–Kier alpha value is -2.81. The average Bonchev–Trinajstić information content (AvgIpc) is 3.16. The van der Waals surface area contributed by atoms with E-state index in [4.69, 9.17) is 9.57 Å². The number of allylic oxidation sites excluding steroid dienone is 1. The van der Waals surface area contributed by atoms with Crippen LogP contribution in [0.4, 0.5) is 4.39 Å². The lowest BCUT2D eigenvalue weighted by Crippen LogP contribution is -2.18. The summed E-state index contributed by atoms with van der Waals surface area (Å²) in [7, 11) is 4.22. The van der Waals surface area contributed by atoms with E-state index in [1.165, 1.54) is 37.7 Å². The van der Waals surface area contributed by atoms with Gasteiger partial charge in [0.2, 0.25) is 11.6 Å². The first-order valence-corrected chi connectivity index (χ1v) is 7.08. The first kappa shape index (κ1) is 19.2. The van der Waals surface area contributed by atoms with Gasteiger partial charge in [0.1, 0.15) is 12.0 Å². The van der Waals surface area contributed by atoms with Crippen LogP contribution >= 0.6 is 0 Å². The molecule has 0 bridgehead atoms. The van der Waals surface area contributed by atoms with Gasteiger partial charge in [-0.25, -0.2) is 4.98 Å². The molecular formula is C15H19FN4O4. The summed E-state index contributed by atoms with van der Waals surface area (Å²) in [6, 6.07) is 1.41. The number of carbonyl (C=O) groups is 1. The minimum atomic E-state index is -0.714.